The number of hydrogen-bond donors (Lipinski definition) is 2. The number of ether oxygens (including phenoxy) is 1. The predicted molar refractivity (Wildman–Crippen MR) is 84.7 cm³/mol. The zero-order valence-corrected chi connectivity index (χ0v) is 13.8. The van der Waals surface area contributed by atoms with E-state index < -0.39 is 23.2 Å². The normalized spacial score (nSPS) is 21.9. The van der Waals surface area contributed by atoms with Crippen molar-refractivity contribution in [2.75, 3.05) is 20.2 Å². The summed E-state index contributed by atoms with van der Waals surface area (Å²) < 4.78 is 18.6. The van der Waals surface area contributed by atoms with Gasteiger partial charge in [0.05, 0.1) is 18.6 Å². The van der Waals surface area contributed by atoms with Crippen molar-refractivity contribution in [3.63, 3.8) is 0 Å². The van der Waals surface area contributed by atoms with Crippen LogP contribution in [-0.4, -0.2) is 53.5 Å². The van der Waals surface area contributed by atoms with Crippen LogP contribution in [-0.2, 0) is 9.59 Å². The first-order valence-corrected chi connectivity index (χ1v) is 8.03. The Hall–Kier alpha value is -2.64. The summed E-state index contributed by atoms with van der Waals surface area (Å²) in [5, 5.41) is 12.1. The number of aliphatic carboxylic acids is 1. The van der Waals surface area contributed by atoms with Crippen LogP contribution in [0.4, 0.5) is 4.39 Å². The number of carbonyl (C=O) groups excluding carboxylic acids is 2. The molecular weight excluding hydrogens is 331 g/mol. The van der Waals surface area contributed by atoms with E-state index in [0.717, 1.165) is 6.07 Å². The molecule has 0 aliphatic carbocycles. The molecule has 0 aromatic heterocycles. The zero-order chi connectivity index (χ0) is 18.2. The molecule has 1 atom stereocenters. The van der Waals surface area contributed by atoms with E-state index in [1.54, 1.807) is 4.90 Å². The minimum absolute atomic E-state index is 0.0348. The van der Waals surface area contributed by atoms with Gasteiger partial charge in [0, 0.05) is 25.1 Å². The number of carbonyl (C=O) groups is 3. The maximum Gasteiger partial charge on any atom is 0.309 e. The van der Waals surface area contributed by atoms with Crippen molar-refractivity contribution in [2.24, 2.45) is 5.92 Å². The number of benzene rings is 1. The van der Waals surface area contributed by atoms with Gasteiger partial charge in [-0.2, -0.15) is 0 Å². The molecule has 2 aliphatic heterocycles. The number of halogens is 1. The molecule has 1 aromatic rings. The van der Waals surface area contributed by atoms with Gasteiger partial charge in [0.25, 0.3) is 5.91 Å². The lowest BCUT2D eigenvalue weighted by Crippen LogP contribution is -2.56. The molecule has 25 heavy (non-hydrogen) atoms. The number of hydrogen-bond acceptors (Lipinski definition) is 4. The fourth-order valence-electron chi connectivity index (χ4n) is 3.68. The van der Waals surface area contributed by atoms with Crippen LogP contribution in [0.1, 0.15) is 29.6 Å². The van der Waals surface area contributed by atoms with Crippen molar-refractivity contribution in [1.29, 1.82) is 0 Å². The lowest BCUT2D eigenvalue weighted by molar-refractivity contribution is -0.144. The Kier molecular flexibility index (Phi) is 4.36. The summed E-state index contributed by atoms with van der Waals surface area (Å²) in [7, 11) is 1.35. The summed E-state index contributed by atoms with van der Waals surface area (Å²) in [6, 6.07) is 4.01. The van der Waals surface area contributed by atoms with Crippen LogP contribution in [0.25, 0.3) is 0 Å². The van der Waals surface area contributed by atoms with Gasteiger partial charge in [-0.25, -0.2) is 4.39 Å². The van der Waals surface area contributed by atoms with Crippen molar-refractivity contribution in [3.8, 4) is 5.75 Å². The van der Waals surface area contributed by atoms with Gasteiger partial charge in [0.1, 0.15) is 0 Å². The van der Waals surface area contributed by atoms with E-state index in [1.165, 1.54) is 19.2 Å². The second kappa shape index (κ2) is 6.34. The Morgan fingerprint density at radius 1 is 1.36 bits per heavy atom. The fraction of sp³-hybridized carbons (Fsp3) is 0.471. The number of rotatable bonds is 3. The van der Waals surface area contributed by atoms with Crippen LogP contribution in [0.15, 0.2) is 18.2 Å². The average molecular weight is 350 g/mol. The van der Waals surface area contributed by atoms with Crippen LogP contribution in [0, 0.1) is 11.7 Å². The van der Waals surface area contributed by atoms with E-state index >= 15 is 0 Å². The van der Waals surface area contributed by atoms with Crippen molar-refractivity contribution in [1.82, 2.24) is 10.2 Å². The van der Waals surface area contributed by atoms with Crippen molar-refractivity contribution in [3.05, 3.63) is 29.6 Å². The summed E-state index contributed by atoms with van der Waals surface area (Å²) in [5.41, 5.74) is -0.593. The number of likely N-dealkylation sites (tertiary alicyclic amines) is 1. The van der Waals surface area contributed by atoms with Crippen molar-refractivity contribution in [2.45, 2.75) is 24.8 Å². The van der Waals surface area contributed by atoms with E-state index in [1.807, 2.05) is 0 Å². The Bertz CT molecular complexity index is 728. The highest BCUT2D eigenvalue weighted by Crippen LogP contribution is 2.37. The maximum absolute atomic E-state index is 13.8. The van der Waals surface area contributed by atoms with Gasteiger partial charge >= 0.3 is 5.97 Å². The largest absolute Gasteiger partial charge is 0.494 e. The third kappa shape index (κ3) is 3.04. The monoisotopic (exact) mass is 350 g/mol. The van der Waals surface area contributed by atoms with E-state index in [-0.39, 0.29) is 29.5 Å². The Balaban J connectivity index is 1.72. The van der Waals surface area contributed by atoms with Crippen LogP contribution < -0.4 is 10.1 Å². The van der Waals surface area contributed by atoms with Crippen LogP contribution in [0.5, 0.6) is 5.75 Å². The molecule has 2 amide bonds. The molecule has 134 valence electrons. The number of amides is 2. The number of nitrogens with zero attached hydrogens (tertiary/aromatic N) is 1. The second-order valence-corrected chi connectivity index (χ2v) is 6.44. The zero-order valence-electron chi connectivity index (χ0n) is 13.8. The molecule has 1 unspecified atom stereocenters. The number of piperidine rings is 1. The molecule has 2 fully saturated rings. The van der Waals surface area contributed by atoms with E-state index in [0.29, 0.717) is 25.9 Å². The first-order chi connectivity index (χ1) is 11.9. The van der Waals surface area contributed by atoms with Gasteiger partial charge in [-0.3, -0.25) is 14.4 Å². The minimum Gasteiger partial charge on any atom is -0.494 e. The summed E-state index contributed by atoms with van der Waals surface area (Å²) in [5.74, 6) is -2.94. The fourth-order valence-corrected chi connectivity index (χ4v) is 3.68. The minimum atomic E-state index is -1.00. The number of nitrogens with one attached hydrogen (secondary N) is 1. The molecule has 2 aliphatic rings. The molecule has 2 heterocycles. The highest BCUT2D eigenvalue weighted by atomic mass is 19.1. The number of carboxylic acids is 1. The predicted octanol–water partition coefficient (Wildman–Crippen LogP) is 1.03. The standard InChI is InChI=1S/C17H19FN2O5/c1-25-13-3-2-10(8-12(13)18)15(22)20-6-4-17(5-7-20)11(16(23)24)9-14(21)19-17/h2-3,8,11H,4-7,9H2,1H3,(H,19,21)(H,23,24). The molecule has 1 aromatic carbocycles. The summed E-state index contributed by atoms with van der Waals surface area (Å²) in [6.45, 7) is 0.604. The SMILES string of the molecule is COc1ccc(C(=O)N2CCC3(CC2)NC(=O)CC3C(=O)O)cc1F. The maximum atomic E-state index is 13.8. The van der Waals surface area contributed by atoms with Gasteiger partial charge in [-0.05, 0) is 31.0 Å². The lowest BCUT2D eigenvalue weighted by atomic mass is 9.77. The van der Waals surface area contributed by atoms with E-state index in [9.17, 15) is 23.9 Å². The highest BCUT2D eigenvalue weighted by molar-refractivity contribution is 5.94. The quantitative estimate of drug-likeness (QED) is 0.849. The highest BCUT2D eigenvalue weighted by Gasteiger charge is 2.52. The smallest absolute Gasteiger partial charge is 0.309 e. The third-order valence-electron chi connectivity index (χ3n) is 5.08. The summed E-state index contributed by atoms with van der Waals surface area (Å²) in [6.07, 6.45) is 0.688. The molecular formula is C17H19FN2O5. The third-order valence-corrected chi connectivity index (χ3v) is 5.08. The summed E-state index contributed by atoms with van der Waals surface area (Å²) in [4.78, 5) is 37.2. The van der Waals surface area contributed by atoms with Gasteiger partial charge in [-0.1, -0.05) is 0 Å². The second-order valence-electron chi connectivity index (χ2n) is 6.44. The molecule has 3 rings (SSSR count). The van der Waals surface area contributed by atoms with Crippen LogP contribution >= 0.6 is 0 Å². The molecule has 7 nitrogen and oxygen atoms in total. The average Bonchev–Trinajstić information content (AvgIpc) is 2.91. The van der Waals surface area contributed by atoms with Crippen molar-refractivity contribution >= 4 is 17.8 Å². The molecule has 0 bridgehead atoms. The molecule has 0 saturated carbocycles. The van der Waals surface area contributed by atoms with Gasteiger partial charge in [0.2, 0.25) is 5.91 Å². The Morgan fingerprint density at radius 3 is 2.60 bits per heavy atom. The lowest BCUT2D eigenvalue weighted by Gasteiger charge is -2.41. The van der Waals surface area contributed by atoms with Gasteiger partial charge < -0.3 is 20.1 Å². The van der Waals surface area contributed by atoms with Crippen LogP contribution in [0.2, 0.25) is 0 Å². The molecule has 1 spiro atoms. The topological polar surface area (TPSA) is 95.9 Å². The number of carboxylic acid groups (broad SMARTS) is 1. The Labute approximate surface area is 143 Å². The first-order valence-electron chi connectivity index (χ1n) is 8.03. The molecule has 8 heteroatoms. The van der Waals surface area contributed by atoms with Crippen LogP contribution in [0.3, 0.4) is 0 Å². The molecule has 2 saturated heterocycles. The Morgan fingerprint density at radius 2 is 2.04 bits per heavy atom. The molecule has 2 N–H and O–H groups in total. The van der Waals surface area contributed by atoms with E-state index in [4.69, 9.17) is 4.74 Å². The van der Waals surface area contributed by atoms with Crippen molar-refractivity contribution < 1.29 is 28.6 Å². The van der Waals surface area contributed by atoms with Gasteiger partial charge in [0.15, 0.2) is 11.6 Å². The van der Waals surface area contributed by atoms with E-state index in [2.05, 4.69) is 5.32 Å². The first kappa shape index (κ1) is 17.2. The number of methoxy groups -OCH3 is 1. The van der Waals surface area contributed by atoms with Gasteiger partial charge in [-0.15, -0.1) is 0 Å². The molecule has 0 radical (unpaired) electrons. The summed E-state index contributed by atoms with van der Waals surface area (Å²) >= 11 is 0.